The average Bonchev–Trinajstić information content (AvgIpc) is 2.50. The predicted octanol–water partition coefficient (Wildman–Crippen LogP) is 2.89. The molecule has 0 bridgehead atoms. The Bertz CT molecular complexity index is 631. The number of benzene rings is 1. The highest BCUT2D eigenvalue weighted by Gasteiger charge is 2.18. The van der Waals surface area contributed by atoms with Crippen LogP contribution in [0.1, 0.15) is 22.8 Å². The second-order valence-electron chi connectivity index (χ2n) is 4.54. The number of carbonyl (C=O) groups excluding carboxylic acids is 1. The Balaban J connectivity index is 2.18. The zero-order valence-corrected chi connectivity index (χ0v) is 12.0. The van der Waals surface area contributed by atoms with Crippen LogP contribution in [0.5, 0.6) is 5.88 Å². The van der Waals surface area contributed by atoms with Crippen molar-refractivity contribution in [1.29, 1.82) is 0 Å². The molecule has 1 aromatic heterocycles. The lowest BCUT2D eigenvalue weighted by atomic mass is 10.2. The molecular weight excluding hydrogens is 271 g/mol. The number of hydrogen-bond acceptors (Lipinski definition) is 3. The Hall–Kier alpha value is -2.43. The van der Waals surface area contributed by atoms with Crippen LogP contribution in [0.15, 0.2) is 42.6 Å². The molecule has 0 saturated carbocycles. The van der Waals surface area contributed by atoms with Crippen LogP contribution in [0.4, 0.5) is 4.39 Å². The van der Waals surface area contributed by atoms with E-state index in [-0.39, 0.29) is 18.3 Å². The van der Waals surface area contributed by atoms with Crippen molar-refractivity contribution in [3.8, 4) is 5.88 Å². The second kappa shape index (κ2) is 6.83. The van der Waals surface area contributed by atoms with Gasteiger partial charge in [-0.1, -0.05) is 18.2 Å². The van der Waals surface area contributed by atoms with Gasteiger partial charge in [-0.2, -0.15) is 0 Å². The molecule has 0 unspecified atom stereocenters. The summed E-state index contributed by atoms with van der Waals surface area (Å²) < 4.78 is 19.0. The molecule has 0 aliphatic carbocycles. The fourth-order valence-electron chi connectivity index (χ4n) is 1.96. The van der Waals surface area contributed by atoms with Crippen LogP contribution in [-0.2, 0) is 6.54 Å². The van der Waals surface area contributed by atoms with E-state index < -0.39 is 0 Å². The van der Waals surface area contributed by atoms with Crippen LogP contribution in [0.3, 0.4) is 0 Å². The number of hydrogen-bond donors (Lipinski definition) is 0. The Morgan fingerprint density at radius 3 is 2.76 bits per heavy atom. The lowest BCUT2D eigenvalue weighted by Gasteiger charge is -2.18. The molecule has 1 amide bonds. The fourth-order valence-corrected chi connectivity index (χ4v) is 1.96. The maximum Gasteiger partial charge on any atom is 0.259 e. The first-order chi connectivity index (χ1) is 10.1. The minimum Gasteiger partial charge on any atom is -0.477 e. The number of halogens is 1. The van der Waals surface area contributed by atoms with Gasteiger partial charge in [-0.05, 0) is 25.1 Å². The number of nitrogens with zero attached hydrogens (tertiary/aromatic N) is 2. The molecule has 21 heavy (non-hydrogen) atoms. The van der Waals surface area contributed by atoms with E-state index in [0.29, 0.717) is 23.6 Å². The van der Waals surface area contributed by atoms with Crippen LogP contribution in [0, 0.1) is 5.82 Å². The maximum absolute atomic E-state index is 13.6. The van der Waals surface area contributed by atoms with Crippen LogP contribution in [0.2, 0.25) is 0 Å². The van der Waals surface area contributed by atoms with Gasteiger partial charge in [-0.15, -0.1) is 0 Å². The molecule has 2 rings (SSSR count). The molecule has 0 fully saturated rings. The SMILES string of the molecule is CCOc1ncccc1C(=O)N(C)Cc1ccccc1F. The third-order valence-corrected chi connectivity index (χ3v) is 2.99. The lowest BCUT2D eigenvalue weighted by Crippen LogP contribution is -2.27. The number of amides is 1. The molecular formula is C16H17FN2O2. The molecule has 1 aromatic carbocycles. The molecule has 2 aromatic rings. The van der Waals surface area contributed by atoms with Crippen LogP contribution in [0.25, 0.3) is 0 Å². The summed E-state index contributed by atoms with van der Waals surface area (Å²) >= 11 is 0. The molecule has 0 spiro atoms. The number of pyridine rings is 1. The zero-order chi connectivity index (χ0) is 15.2. The quantitative estimate of drug-likeness (QED) is 0.849. The molecule has 4 nitrogen and oxygen atoms in total. The molecule has 0 aliphatic rings. The summed E-state index contributed by atoms with van der Waals surface area (Å²) in [6.45, 7) is 2.44. The normalized spacial score (nSPS) is 10.2. The minimum absolute atomic E-state index is 0.186. The van der Waals surface area contributed by atoms with Crippen molar-refractivity contribution in [2.45, 2.75) is 13.5 Å². The summed E-state index contributed by atoms with van der Waals surface area (Å²) in [7, 11) is 1.62. The van der Waals surface area contributed by atoms with Gasteiger partial charge in [-0.3, -0.25) is 4.79 Å². The summed E-state index contributed by atoms with van der Waals surface area (Å²) in [6.07, 6.45) is 1.57. The summed E-state index contributed by atoms with van der Waals surface area (Å²) in [6, 6.07) is 9.72. The molecule has 5 heteroatoms. The Kier molecular flexibility index (Phi) is 4.87. The van der Waals surface area contributed by atoms with E-state index >= 15 is 0 Å². The first-order valence-electron chi connectivity index (χ1n) is 6.70. The van der Waals surface area contributed by atoms with E-state index in [2.05, 4.69) is 4.98 Å². The highest BCUT2D eigenvalue weighted by Crippen LogP contribution is 2.18. The molecule has 0 atom stereocenters. The van der Waals surface area contributed by atoms with Gasteiger partial charge < -0.3 is 9.64 Å². The number of carbonyl (C=O) groups is 1. The van der Waals surface area contributed by atoms with E-state index in [1.807, 2.05) is 6.92 Å². The first kappa shape index (κ1) is 15.0. The molecule has 0 aliphatic heterocycles. The van der Waals surface area contributed by atoms with Gasteiger partial charge in [0.2, 0.25) is 5.88 Å². The van der Waals surface area contributed by atoms with Gasteiger partial charge in [0.25, 0.3) is 5.91 Å². The standard InChI is InChI=1S/C16H17FN2O2/c1-3-21-15-13(8-6-10-18-15)16(20)19(2)11-12-7-4-5-9-14(12)17/h4-10H,3,11H2,1-2H3. The van der Waals surface area contributed by atoms with Gasteiger partial charge in [0, 0.05) is 25.4 Å². The summed E-state index contributed by atoms with van der Waals surface area (Å²) in [5, 5.41) is 0. The van der Waals surface area contributed by atoms with Crippen molar-refractivity contribution in [1.82, 2.24) is 9.88 Å². The zero-order valence-electron chi connectivity index (χ0n) is 12.0. The van der Waals surface area contributed by atoms with Crippen LogP contribution >= 0.6 is 0 Å². The Morgan fingerprint density at radius 2 is 2.05 bits per heavy atom. The number of ether oxygens (including phenoxy) is 1. The Morgan fingerprint density at radius 1 is 1.29 bits per heavy atom. The summed E-state index contributed by atoms with van der Waals surface area (Å²) in [5.74, 6) is -0.284. The van der Waals surface area contributed by atoms with Gasteiger partial charge in [0.15, 0.2) is 0 Å². The van der Waals surface area contributed by atoms with E-state index in [1.54, 1.807) is 43.6 Å². The van der Waals surface area contributed by atoms with Crippen LogP contribution in [-0.4, -0.2) is 29.4 Å². The first-order valence-corrected chi connectivity index (χ1v) is 6.70. The number of aromatic nitrogens is 1. The molecule has 0 radical (unpaired) electrons. The molecule has 110 valence electrons. The smallest absolute Gasteiger partial charge is 0.259 e. The fraction of sp³-hybridized carbons (Fsp3) is 0.250. The number of rotatable bonds is 5. The van der Waals surface area contributed by atoms with Crippen molar-refractivity contribution in [2.75, 3.05) is 13.7 Å². The van der Waals surface area contributed by atoms with Crippen molar-refractivity contribution in [3.63, 3.8) is 0 Å². The van der Waals surface area contributed by atoms with Gasteiger partial charge in [0.05, 0.1) is 6.61 Å². The van der Waals surface area contributed by atoms with Crippen LogP contribution < -0.4 is 4.74 Å². The van der Waals surface area contributed by atoms with Crippen molar-refractivity contribution >= 4 is 5.91 Å². The molecule has 0 saturated heterocycles. The van der Waals surface area contributed by atoms with E-state index in [9.17, 15) is 9.18 Å². The van der Waals surface area contributed by atoms with E-state index in [4.69, 9.17) is 4.74 Å². The average molecular weight is 288 g/mol. The third-order valence-electron chi connectivity index (χ3n) is 2.99. The minimum atomic E-state index is -0.326. The highest BCUT2D eigenvalue weighted by molar-refractivity contribution is 5.96. The Labute approximate surface area is 123 Å². The van der Waals surface area contributed by atoms with Crippen molar-refractivity contribution in [2.24, 2.45) is 0 Å². The summed E-state index contributed by atoms with van der Waals surface area (Å²) in [4.78, 5) is 17.9. The molecule has 1 heterocycles. The predicted molar refractivity (Wildman–Crippen MR) is 77.6 cm³/mol. The summed E-state index contributed by atoms with van der Waals surface area (Å²) in [5.41, 5.74) is 0.841. The third kappa shape index (κ3) is 3.56. The highest BCUT2D eigenvalue weighted by atomic mass is 19.1. The van der Waals surface area contributed by atoms with Gasteiger partial charge in [0.1, 0.15) is 11.4 Å². The maximum atomic E-state index is 13.6. The van der Waals surface area contributed by atoms with E-state index in [1.165, 1.54) is 11.0 Å². The molecule has 0 N–H and O–H groups in total. The van der Waals surface area contributed by atoms with Gasteiger partial charge in [-0.25, -0.2) is 9.37 Å². The van der Waals surface area contributed by atoms with Crippen molar-refractivity contribution in [3.05, 3.63) is 59.5 Å². The second-order valence-corrected chi connectivity index (χ2v) is 4.54. The topological polar surface area (TPSA) is 42.4 Å². The monoisotopic (exact) mass is 288 g/mol. The van der Waals surface area contributed by atoms with Crippen molar-refractivity contribution < 1.29 is 13.9 Å². The van der Waals surface area contributed by atoms with Gasteiger partial charge >= 0.3 is 0 Å². The lowest BCUT2D eigenvalue weighted by molar-refractivity contribution is 0.0778. The largest absolute Gasteiger partial charge is 0.477 e. The van der Waals surface area contributed by atoms with E-state index in [0.717, 1.165) is 0 Å².